The minimum Gasteiger partial charge on any atom is -0.244 e. The van der Waals surface area contributed by atoms with E-state index in [0.29, 0.717) is 6.42 Å². The first-order chi connectivity index (χ1) is 8.13. The van der Waals surface area contributed by atoms with E-state index in [1.165, 1.54) is 32.6 Å². The first-order valence-electron chi connectivity index (χ1n) is 7.05. The Morgan fingerprint density at radius 1 is 0.706 bits per heavy atom. The summed E-state index contributed by atoms with van der Waals surface area (Å²) in [7, 11) is 0. The van der Waals surface area contributed by atoms with Crippen molar-refractivity contribution in [3.05, 3.63) is 0 Å². The predicted octanol–water partition coefficient (Wildman–Crippen LogP) is 5.55. The van der Waals surface area contributed by atoms with Gasteiger partial charge in [-0.1, -0.05) is 58.8 Å². The van der Waals surface area contributed by atoms with Gasteiger partial charge in [0, 0.05) is 0 Å². The van der Waals surface area contributed by atoms with Crippen LogP contribution in [0.3, 0.4) is 0 Å². The summed E-state index contributed by atoms with van der Waals surface area (Å²) in [5, 5.41) is 0. The van der Waals surface area contributed by atoms with E-state index >= 15 is 0 Å². The van der Waals surface area contributed by atoms with Crippen LogP contribution in [0.5, 0.6) is 0 Å². The summed E-state index contributed by atoms with van der Waals surface area (Å²) in [6.45, 7) is 3.70. The molecular formula is C14H27F3. The Morgan fingerprint density at radius 2 is 1.24 bits per heavy atom. The van der Waals surface area contributed by atoms with Crippen molar-refractivity contribution < 1.29 is 13.2 Å². The van der Waals surface area contributed by atoms with Gasteiger partial charge in [0.1, 0.15) is 12.3 Å². The second-order valence-corrected chi connectivity index (χ2v) is 4.79. The van der Waals surface area contributed by atoms with E-state index in [1.54, 1.807) is 0 Å². The van der Waals surface area contributed by atoms with E-state index in [0.717, 1.165) is 12.8 Å². The summed E-state index contributed by atoms with van der Waals surface area (Å²) in [6.07, 6.45) is 2.56. The lowest BCUT2D eigenvalue weighted by Crippen LogP contribution is -2.27. The molecular weight excluding hydrogens is 225 g/mol. The average molecular weight is 252 g/mol. The lowest BCUT2D eigenvalue weighted by atomic mass is 10.0. The highest BCUT2D eigenvalue weighted by atomic mass is 19.2. The maximum atomic E-state index is 13.2. The van der Waals surface area contributed by atoms with E-state index in [2.05, 4.69) is 6.92 Å². The van der Waals surface area contributed by atoms with Crippen molar-refractivity contribution in [2.24, 2.45) is 0 Å². The van der Waals surface area contributed by atoms with E-state index in [-0.39, 0.29) is 12.8 Å². The molecule has 0 heterocycles. The molecule has 0 nitrogen and oxygen atoms in total. The smallest absolute Gasteiger partial charge is 0.162 e. The van der Waals surface area contributed by atoms with Crippen LogP contribution < -0.4 is 0 Å². The van der Waals surface area contributed by atoms with Gasteiger partial charge in [-0.2, -0.15) is 0 Å². The fourth-order valence-electron chi connectivity index (χ4n) is 1.91. The molecule has 0 aromatic carbocycles. The molecule has 3 atom stereocenters. The number of rotatable bonds is 11. The zero-order valence-corrected chi connectivity index (χ0v) is 11.2. The Bertz CT molecular complexity index is 162. The van der Waals surface area contributed by atoms with Crippen LogP contribution in [0.2, 0.25) is 0 Å². The van der Waals surface area contributed by atoms with Crippen LogP contribution in [0.25, 0.3) is 0 Å². The lowest BCUT2D eigenvalue weighted by Gasteiger charge is -2.16. The van der Waals surface area contributed by atoms with Crippen molar-refractivity contribution in [1.82, 2.24) is 0 Å². The van der Waals surface area contributed by atoms with E-state index in [4.69, 9.17) is 0 Å². The van der Waals surface area contributed by atoms with Crippen molar-refractivity contribution in [2.75, 3.05) is 0 Å². The maximum absolute atomic E-state index is 13.2. The second kappa shape index (κ2) is 10.9. The standard InChI is InChI=1S/C14H27F3/c1-3-5-6-7-8-9-10-11-13(16)14(17)12(15)4-2/h12-14H,3-11H2,1-2H3. The van der Waals surface area contributed by atoms with Gasteiger partial charge in [0.25, 0.3) is 0 Å². The summed E-state index contributed by atoms with van der Waals surface area (Å²) < 4.78 is 39.2. The molecule has 0 aromatic rings. The maximum Gasteiger partial charge on any atom is 0.162 e. The third-order valence-electron chi connectivity index (χ3n) is 3.16. The number of halogens is 3. The molecule has 0 rings (SSSR count). The van der Waals surface area contributed by atoms with Crippen molar-refractivity contribution in [1.29, 1.82) is 0 Å². The van der Waals surface area contributed by atoms with Crippen molar-refractivity contribution >= 4 is 0 Å². The summed E-state index contributed by atoms with van der Waals surface area (Å²) >= 11 is 0. The minimum absolute atomic E-state index is 0.0542. The molecule has 0 aliphatic heterocycles. The third kappa shape index (κ3) is 8.50. The van der Waals surface area contributed by atoms with Crippen LogP contribution in [0, 0.1) is 0 Å². The summed E-state index contributed by atoms with van der Waals surface area (Å²) in [5.74, 6) is 0. The van der Waals surface area contributed by atoms with Gasteiger partial charge >= 0.3 is 0 Å². The number of unbranched alkanes of at least 4 members (excludes halogenated alkanes) is 6. The van der Waals surface area contributed by atoms with Gasteiger partial charge in [-0.05, 0) is 12.8 Å². The molecule has 0 saturated carbocycles. The molecule has 0 aromatic heterocycles. The van der Waals surface area contributed by atoms with Gasteiger partial charge in [0.05, 0.1) is 0 Å². The largest absolute Gasteiger partial charge is 0.244 e. The van der Waals surface area contributed by atoms with Gasteiger partial charge in [0.2, 0.25) is 0 Å². The highest BCUT2D eigenvalue weighted by molar-refractivity contribution is 4.75. The monoisotopic (exact) mass is 252 g/mol. The molecule has 0 saturated heterocycles. The van der Waals surface area contributed by atoms with Crippen LogP contribution in [0.4, 0.5) is 13.2 Å². The summed E-state index contributed by atoms with van der Waals surface area (Å²) in [5.41, 5.74) is 0. The normalized spacial score (nSPS) is 16.8. The summed E-state index contributed by atoms with van der Waals surface area (Å²) in [4.78, 5) is 0. The number of hydrogen-bond donors (Lipinski definition) is 0. The Hall–Kier alpha value is -0.210. The Morgan fingerprint density at radius 3 is 1.76 bits per heavy atom. The van der Waals surface area contributed by atoms with Crippen LogP contribution in [0.1, 0.15) is 71.6 Å². The zero-order valence-electron chi connectivity index (χ0n) is 11.2. The molecule has 0 N–H and O–H groups in total. The molecule has 0 aliphatic rings. The first-order valence-corrected chi connectivity index (χ1v) is 7.05. The van der Waals surface area contributed by atoms with Gasteiger partial charge < -0.3 is 0 Å². The Kier molecular flexibility index (Phi) is 10.8. The first kappa shape index (κ1) is 16.8. The van der Waals surface area contributed by atoms with Gasteiger partial charge in [0.15, 0.2) is 6.17 Å². The van der Waals surface area contributed by atoms with Crippen molar-refractivity contribution in [3.8, 4) is 0 Å². The van der Waals surface area contributed by atoms with Crippen LogP contribution in [0.15, 0.2) is 0 Å². The Balaban J connectivity index is 3.41. The second-order valence-electron chi connectivity index (χ2n) is 4.79. The van der Waals surface area contributed by atoms with E-state index in [1.807, 2.05) is 0 Å². The molecule has 0 amide bonds. The van der Waals surface area contributed by atoms with Crippen molar-refractivity contribution in [2.45, 2.75) is 90.1 Å². The highest BCUT2D eigenvalue weighted by Gasteiger charge is 2.27. The Labute approximate surface area is 104 Å². The molecule has 0 aliphatic carbocycles. The third-order valence-corrected chi connectivity index (χ3v) is 3.16. The fraction of sp³-hybridized carbons (Fsp3) is 1.00. The lowest BCUT2D eigenvalue weighted by molar-refractivity contribution is 0.0738. The molecule has 17 heavy (non-hydrogen) atoms. The van der Waals surface area contributed by atoms with Gasteiger partial charge in [-0.15, -0.1) is 0 Å². The number of hydrogen-bond acceptors (Lipinski definition) is 0. The van der Waals surface area contributed by atoms with Crippen LogP contribution in [-0.4, -0.2) is 18.5 Å². The van der Waals surface area contributed by atoms with E-state index < -0.39 is 18.5 Å². The highest BCUT2D eigenvalue weighted by Crippen LogP contribution is 2.20. The topological polar surface area (TPSA) is 0 Å². The average Bonchev–Trinajstić information content (AvgIpc) is 2.35. The zero-order chi connectivity index (χ0) is 13.1. The van der Waals surface area contributed by atoms with Gasteiger partial charge in [-0.3, -0.25) is 0 Å². The molecule has 0 spiro atoms. The van der Waals surface area contributed by atoms with E-state index in [9.17, 15) is 13.2 Å². The molecule has 0 fully saturated rings. The van der Waals surface area contributed by atoms with Crippen LogP contribution in [-0.2, 0) is 0 Å². The number of alkyl halides is 3. The molecule has 3 heteroatoms. The quantitative estimate of drug-likeness (QED) is 0.423. The SMILES string of the molecule is CCCCCCCCCC(F)C(F)C(F)CC. The van der Waals surface area contributed by atoms with Crippen LogP contribution >= 0.6 is 0 Å². The molecule has 0 radical (unpaired) electrons. The van der Waals surface area contributed by atoms with Crippen molar-refractivity contribution in [3.63, 3.8) is 0 Å². The minimum atomic E-state index is -1.93. The molecule has 0 bridgehead atoms. The van der Waals surface area contributed by atoms with Gasteiger partial charge in [-0.25, -0.2) is 13.2 Å². The predicted molar refractivity (Wildman–Crippen MR) is 67.6 cm³/mol. The molecule has 104 valence electrons. The molecule has 3 unspecified atom stereocenters. The fourth-order valence-corrected chi connectivity index (χ4v) is 1.91. The summed E-state index contributed by atoms with van der Waals surface area (Å²) in [6, 6.07) is 0.